The Morgan fingerprint density at radius 1 is 1.35 bits per heavy atom. The van der Waals surface area contributed by atoms with Gasteiger partial charge in [0, 0.05) is 12.7 Å². The summed E-state index contributed by atoms with van der Waals surface area (Å²) in [6.45, 7) is -0.0136. The maximum Gasteiger partial charge on any atom is 0.242 e. The molecule has 1 heterocycles. The number of nitrogens with one attached hydrogen (secondary N) is 1. The fourth-order valence-corrected chi connectivity index (χ4v) is 3.05. The molecule has 1 N–H and O–H groups in total. The molecule has 0 saturated carbocycles. The van der Waals surface area contributed by atoms with E-state index in [1.807, 2.05) is 0 Å². The molecule has 1 aromatic carbocycles. The molecule has 2 aromatic rings. The standard InChI is InChI=1S/C12H9BrClFN2O2S/c13-11-5-10(7-16-12(11)14)20(18,19)17-6-8-2-1-3-9(15)4-8/h1-5,7,17H,6H2. The van der Waals surface area contributed by atoms with Crippen LogP contribution in [-0.4, -0.2) is 13.4 Å². The lowest BCUT2D eigenvalue weighted by Crippen LogP contribution is -2.23. The Kier molecular flexibility index (Phi) is 4.74. The van der Waals surface area contributed by atoms with Crippen molar-refractivity contribution in [1.82, 2.24) is 9.71 Å². The van der Waals surface area contributed by atoms with Crippen LogP contribution in [0.3, 0.4) is 0 Å². The first kappa shape index (κ1) is 15.4. The lowest BCUT2D eigenvalue weighted by Gasteiger charge is -2.07. The van der Waals surface area contributed by atoms with Crippen molar-refractivity contribution in [2.24, 2.45) is 0 Å². The first-order chi connectivity index (χ1) is 9.38. The molecule has 0 spiro atoms. The van der Waals surface area contributed by atoms with Gasteiger partial charge < -0.3 is 0 Å². The summed E-state index contributed by atoms with van der Waals surface area (Å²) in [7, 11) is -3.73. The molecule has 0 aliphatic rings. The van der Waals surface area contributed by atoms with Gasteiger partial charge in [-0.1, -0.05) is 23.7 Å². The third-order valence-corrected chi connectivity index (χ3v) is 4.94. The summed E-state index contributed by atoms with van der Waals surface area (Å²) in [6, 6.07) is 7.04. The zero-order valence-corrected chi connectivity index (χ0v) is 13.1. The molecule has 0 aliphatic carbocycles. The Bertz CT molecular complexity index is 740. The van der Waals surface area contributed by atoms with Gasteiger partial charge >= 0.3 is 0 Å². The van der Waals surface area contributed by atoms with E-state index in [1.54, 1.807) is 6.07 Å². The highest BCUT2D eigenvalue weighted by Crippen LogP contribution is 2.22. The number of aromatic nitrogens is 1. The van der Waals surface area contributed by atoms with Crippen molar-refractivity contribution in [2.45, 2.75) is 11.4 Å². The van der Waals surface area contributed by atoms with Crippen LogP contribution in [0.1, 0.15) is 5.56 Å². The minimum absolute atomic E-state index is 0.0136. The molecule has 0 fully saturated rings. The zero-order chi connectivity index (χ0) is 14.8. The molecule has 0 aliphatic heterocycles. The molecule has 0 amide bonds. The van der Waals surface area contributed by atoms with Crippen LogP contribution < -0.4 is 4.72 Å². The van der Waals surface area contributed by atoms with Crippen LogP contribution in [0.4, 0.5) is 4.39 Å². The average Bonchev–Trinajstić information content (AvgIpc) is 2.40. The topological polar surface area (TPSA) is 59.1 Å². The van der Waals surface area contributed by atoms with E-state index in [9.17, 15) is 12.8 Å². The number of halogens is 3. The second kappa shape index (κ2) is 6.17. The largest absolute Gasteiger partial charge is 0.242 e. The van der Waals surface area contributed by atoms with E-state index in [1.165, 1.54) is 24.3 Å². The van der Waals surface area contributed by atoms with Crippen molar-refractivity contribution in [3.63, 3.8) is 0 Å². The normalized spacial score (nSPS) is 11.6. The summed E-state index contributed by atoms with van der Waals surface area (Å²) in [5.74, 6) is -0.419. The third-order valence-electron chi connectivity index (χ3n) is 2.44. The third kappa shape index (κ3) is 3.76. The molecule has 4 nitrogen and oxygen atoms in total. The molecule has 1 aromatic heterocycles. The molecule has 0 atom stereocenters. The summed E-state index contributed by atoms with van der Waals surface area (Å²) in [5, 5.41) is 0.175. The molecule has 106 valence electrons. The number of hydrogen-bond donors (Lipinski definition) is 1. The lowest BCUT2D eigenvalue weighted by atomic mass is 10.2. The number of benzene rings is 1. The summed E-state index contributed by atoms with van der Waals surface area (Å²) in [5.41, 5.74) is 0.523. The number of rotatable bonds is 4. The number of nitrogens with zero attached hydrogens (tertiary/aromatic N) is 1. The van der Waals surface area contributed by atoms with Gasteiger partial charge in [0.15, 0.2) is 0 Å². The van der Waals surface area contributed by atoms with Gasteiger partial charge in [-0.15, -0.1) is 0 Å². The second-order valence-corrected chi connectivity index (χ2v) is 6.88. The maximum absolute atomic E-state index is 13.0. The first-order valence-electron chi connectivity index (χ1n) is 5.43. The Labute approximate surface area is 129 Å². The van der Waals surface area contributed by atoms with Gasteiger partial charge in [-0.25, -0.2) is 22.5 Å². The second-order valence-electron chi connectivity index (χ2n) is 3.90. The van der Waals surface area contributed by atoms with E-state index in [0.29, 0.717) is 10.0 Å². The molecule has 0 radical (unpaired) electrons. The van der Waals surface area contributed by atoms with Gasteiger partial charge in [-0.2, -0.15) is 0 Å². The number of hydrogen-bond acceptors (Lipinski definition) is 3. The highest BCUT2D eigenvalue weighted by molar-refractivity contribution is 9.10. The summed E-state index contributed by atoms with van der Waals surface area (Å²) in [6.07, 6.45) is 1.15. The van der Waals surface area contributed by atoms with E-state index in [0.717, 1.165) is 6.20 Å². The zero-order valence-electron chi connectivity index (χ0n) is 9.98. The maximum atomic E-state index is 13.0. The van der Waals surface area contributed by atoms with Crippen molar-refractivity contribution >= 4 is 37.6 Å². The van der Waals surface area contributed by atoms with Crippen LogP contribution in [0.5, 0.6) is 0 Å². The van der Waals surface area contributed by atoms with E-state index in [4.69, 9.17) is 11.6 Å². The fraction of sp³-hybridized carbons (Fsp3) is 0.0833. The van der Waals surface area contributed by atoms with E-state index >= 15 is 0 Å². The summed E-state index contributed by atoms with van der Waals surface area (Å²) < 4.78 is 39.8. The Hall–Kier alpha value is -1.02. The molecular weight excluding hydrogens is 371 g/mol. The Balaban J connectivity index is 2.17. The molecule has 0 unspecified atom stereocenters. The SMILES string of the molecule is O=S(=O)(NCc1cccc(F)c1)c1cnc(Cl)c(Br)c1. The van der Waals surface area contributed by atoms with Crippen LogP contribution in [0.2, 0.25) is 5.15 Å². The van der Waals surface area contributed by atoms with Gasteiger partial charge in [-0.05, 0) is 39.7 Å². The molecule has 20 heavy (non-hydrogen) atoms. The van der Waals surface area contributed by atoms with Crippen LogP contribution in [0.15, 0.2) is 45.9 Å². The molecular formula is C12H9BrClFN2O2S. The van der Waals surface area contributed by atoms with Crippen molar-refractivity contribution in [3.8, 4) is 0 Å². The van der Waals surface area contributed by atoms with E-state index < -0.39 is 15.8 Å². The molecule has 8 heteroatoms. The summed E-state index contributed by atoms with van der Waals surface area (Å²) >= 11 is 8.81. The highest BCUT2D eigenvalue weighted by Gasteiger charge is 2.15. The van der Waals surface area contributed by atoms with Crippen LogP contribution in [0, 0.1) is 5.82 Å². The number of sulfonamides is 1. The van der Waals surface area contributed by atoms with Crippen molar-refractivity contribution < 1.29 is 12.8 Å². The molecule has 0 bridgehead atoms. The smallest absolute Gasteiger partial charge is 0.242 e. The minimum atomic E-state index is -3.73. The van der Waals surface area contributed by atoms with E-state index in [2.05, 4.69) is 25.6 Å². The van der Waals surface area contributed by atoms with Crippen LogP contribution in [0.25, 0.3) is 0 Å². The first-order valence-corrected chi connectivity index (χ1v) is 8.09. The lowest BCUT2D eigenvalue weighted by molar-refractivity contribution is 0.580. The molecule has 2 rings (SSSR count). The van der Waals surface area contributed by atoms with Crippen LogP contribution >= 0.6 is 27.5 Å². The number of pyridine rings is 1. The predicted molar refractivity (Wildman–Crippen MR) is 77.4 cm³/mol. The van der Waals surface area contributed by atoms with Crippen molar-refractivity contribution in [2.75, 3.05) is 0 Å². The van der Waals surface area contributed by atoms with Crippen LogP contribution in [-0.2, 0) is 16.6 Å². The Morgan fingerprint density at radius 2 is 2.10 bits per heavy atom. The van der Waals surface area contributed by atoms with Gasteiger partial charge in [-0.3, -0.25) is 0 Å². The van der Waals surface area contributed by atoms with Gasteiger partial charge in [0.2, 0.25) is 10.0 Å². The van der Waals surface area contributed by atoms with Gasteiger partial charge in [0.1, 0.15) is 15.9 Å². The van der Waals surface area contributed by atoms with E-state index in [-0.39, 0.29) is 16.6 Å². The van der Waals surface area contributed by atoms with Crippen molar-refractivity contribution in [3.05, 3.63) is 57.5 Å². The Morgan fingerprint density at radius 3 is 2.75 bits per heavy atom. The van der Waals surface area contributed by atoms with Gasteiger partial charge in [0.05, 0.1) is 4.47 Å². The average molecular weight is 380 g/mol. The predicted octanol–water partition coefficient (Wildman–Crippen LogP) is 3.12. The van der Waals surface area contributed by atoms with Gasteiger partial charge in [0.25, 0.3) is 0 Å². The minimum Gasteiger partial charge on any atom is -0.242 e. The fourth-order valence-electron chi connectivity index (χ4n) is 1.46. The monoisotopic (exact) mass is 378 g/mol. The van der Waals surface area contributed by atoms with Crippen molar-refractivity contribution in [1.29, 1.82) is 0 Å². The summed E-state index contributed by atoms with van der Waals surface area (Å²) in [4.78, 5) is 3.73. The molecule has 0 saturated heterocycles. The highest BCUT2D eigenvalue weighted by atomic mass is 79.9. The quantitative estimate of drug-likeness (QED) is 0.830.